The molecule has 0 radical (unpaired) electrons. The fraction of sp³-hybridized carbons (Fsp3) is 1.00. The highest BCUT2D eigenvalue weighted by atomic mass is 15.3. The number of likely N-dealkylation sites (N-methyl/N-ethyl adjacent to an activating group) is 1. The lowest BCUT2D eigenvalue weighted by molar-refractivity contribution is 0.0795. The molecule has 2 heteroatoms. The SMILES string of the molecule is CC1CN2CCC[C@@H]2CN1C. The molecule has 0 bridgehead atoms. The molecular formula is C9H18N2. The van der Waals surface area contributed by atoms with Gasteiger partial charge in [0.1, 0.15) is 0 Å². The second kappa shape index (κ2) is 2.76. The Bertz CT molecular complexity index is 130. The minimum absolute atomic E-state index is 0.768. The summed E-state index contributed by atoms with van der Waals surface area (Å²) in [6.45, 7) is 6.26. The van der Waals surface area contributed by atoms with Crippen LogP contribution in [0.1, 0.15) is 19.8 Å². The standard InChI is InChI=1S/C9H18N2/c1-8-6-11-5-3-4-9(11)7-10(8)2/h8-9H,3-7H2,1-2H3/t8?,9-/m1/s1. The molecule has 2 atom stereocenters. The molecule has 1 unspecified atom stereocenters. The third-order valence-corrected chi connectivity index (χ3v) is 3.25. The predicted octanol–water partition coefficient (Wildman–Crippen LogP) is 0.785. The van der Waals surface area contributed by atoms with E-state index >= 15 is 0 Å². The monoisotopic (exact) mass is 154 g/mol. The topological polar surface area (TPSA) is 6.48 Å². The lowest BCUT2D eigenvalue weighted by atomic mass is 10.1. The van der Waals surface area contributed by atoms with Crippen LogP contribution in [0, 0.1) is 0 Å². The van der Waals surface area contributed by atoms with Crippen LogP contribution >= 0.6 is 0 Å². The maximum absolute atomic E-state index is 2.66. The fourth-order valence-electron chi connectivity index (χ4n) is 2.33. The number of fused-ring (bicyclic) bond motifs is 1. The summed E-state index contributed by atoms with van der Waals surface area (Å²) in [5.74, 6) is 0. The largest absolute Gasteiger partial charge is 0.301 e. The lowest BCUT2D eigenvalue weighted by Gasteiger charge is -2.40. The average molecular weight is 154 g/mol. The van der Waals surface area contributed by atoms with E-state index in [1.54, 1.807) is 0 Å². The van der Waals surface area contributed by atoms with Gasteiger partial charge in [0.25, 0.3) is 0 Å². The van der Waals surface area contributed by atoms with Crippen LogP contribution in [0.5, 0.6) is 0 Å². The van der Waals surface area contributed by atoms with Gasteiger partial charge in [-0.2, -0.15) is 0 Å². The molecule has 2 nitrogen and oxygen atoms in total. The van der Waals surface area contributed by atoms with Crippen LogP contribution in [0.2, 0.25) is 0 Å². The Morgan fingerprint density at radius 3 is 2.91 bits per heavy atom. The second-order valence-corrected chi connectivity index (χ2v) is 4.08. The number of hydrogen-bond acceptors (Lipinski definition) is 2. The normalized spacial score (nSPS) is 40.9. The van der Waals surface area contributed by atoms with Gasteiger partial charge in [-0.15, -0.1) is 0 Å². The van der Waals surface area contributed by atoms with Crippen molar-refractivity contribution >= 4 is 0 Å². The number of rotatable bonds is 0. The Morgan fingerprint density at radius 1 is 1.27 bits per heavy atom. The fourth-order valence-corrected chi connectivity index (χ4v) is 2.33. The van der Waals surface area contributed by atoms with Crippen LogP contribution in [-0.2, 0) is 0 Å². The maximum atomic E-state index is 2.66. The van der Waals surface area contributed by atoms with E-state index in [0.717, 1.165) is 12.1 Å². The van der Waals surface area contributed by atoms with E-state index in [1.807, 2.05) is 0 Å². The van der Waals surface area contributed by atoms with Crippen molar-refractivity contribution in [1.29, 1.82) is 0 Å². The van der Waals surface area contributed by atoms with Crippen LogP contribution in [0.15, 0.2) is 0 Å². The molecule has 0 saturated carbocycles. The molecule has 0 aliphatic carbocycles. The highest BCUT2D eigenvalue weighted by molar-refractivity contribution is 4.89. The minimum atomic E-state index is 0.768. The van der Waals surface area contributed by atoms with E-state index in [2.05, 4.69) is 23.8 Å². The summed E-state index contributed by atoms with van der Waals surface area (Å²) in [6.07, 6.45) is 2.85. The van der Waals surface area contributed by atoms with Crippen molar-refractivity contribution in [3.8, 4) is 0 Å². The molecule has 0 aromatic rings. The molecular weight excluding hydrogens is 136 g/mol. The summed E-state index contributed by atoms with van der Waals surface area (Å²) < 4.78 is 0. The van der Waals surface area contributed by atoms with Gasteiger partial charge in [0, 0.05) is 25.2 Å². The van der Waals surface area contributed by atoms with E-state index in [0.29, 0.717) is 0 Å². The summed E-state index contributed by atoms with van der Waals surface area (Å²) in [4.78, 5) is 5.15. The van der Waals surface area contributed by atoms with E-state index in [1.165, 1.54) is 32.5 Å². The summed E-state index contributed by atoms with van der Waals surface area (Å²) in [6, 6.07) is 1.65. The number of nitrogens with zero attached hydrogens (tertiary/aromatic N) is 2. The zero-order chi connectivity index (χ0) is 7.84. The molecule has 2 fully saturated rings. The third-order valence-electron chi connectivity index (χ3n) is 3.25. The predicted molar refractivity (Wildman–Crippen MR) is 46.7 cm³/mol. The molecule has 2 saturated heterocycles. The van der Waals surface area contributed by atoms with Crippen molar-refractivity contribution in [2.75, 3.05) is 26.7 Å². The van der Waals surface area contributed by atoms with Gasteiger partial charge < -0.3 is 4.90 Å². The zero-order valence-electron chi connectivity index (χ0n) is 7.58. The molecule has 2 heterocycles. The van der Waals surface area contributed by atoms with Gasteiger partial charge in [0.2, 0.25) is 0 Å². The molecule has 0 amide bonds. The minimum Gasteiger partial charge on any atom is -0.301 e. The first kappa shape index (κ1) is 7.56. The Labute approximate surface area is 69.2 Å². The molecule has 0 N–H and O–H groups in total. The Balaban J connectivity index is 2.00. The first-order valence-electron chi connectivity index (χ1n) is 4.71. The maximum Gasteiger partial charge on any atom is 0.0224 e. The lowest BCUT2D eigenvalue weighted by Crippen LogP contribution is -2.53. The van der Waals surface area contributed by atoms with Crippen LogP contribution in [-0.4, -0.2) is 48.6 Å². The van der Waals surface area contributed by atoms with Crippen molar-refractivity contribution in [2.24, 2.45) is 0 Å². The summed E-state index contributed by atoms with van der Waals surface area (Å²) >= 11 is 0. The smallest absolute Gasteiger partial charge is 0.0224 e. The summed E-state index contributed by atoms with van der Waals surface area (Å²) in [5.41, 5.74) is 0. The quantitative estimate of drug-likeness (QED) is 0.509. The van der Waals surface area contributed by atoms with Gasteiger partial charge in [-0.25, -0.2) is 0 Å². The Hall–Kier alpha value is -0.0800. The van der Waals surface area contributed by atoms with Crippen LogP contribution in [0.3, 0.4) is 0 Å². The van der Waals surface area contributed by atoms with Gasteiger partial charge >= 0.3 is 0 Å². The molecule has 2 rings (SSSR count). The van der Waals surface area contributed by atoms with Gasteiger partial charge in [0.05, 0.1) is 0 Å². The van der Waals surface area contributed by atoms with Crippen molar-refractivity contribution in [3.05, 3.63) is 0 Å². The highest BCUT2D eigenvalue weighted by Crippen LogP contribution is 2.23. The van der Waals surface area contributed by atoms with Crippen LogP contribution < -0.4 is 0 Å². The van der Waals surface area contributed by atoms with Crippen molar-refractivity contribution in [2.45, 2.75) is 31.8 Å². The zero-order valence-corrected chi connectivity index (χ0v) is 7.58. The van der Waals surface area contributed by atoms with Crippen molar-refractivity contribution in [1.82, 2.24) is 9.80 Å². The number of piperazine rings is 1. The average Bonchev–Trinajstić information content (AvgIpc) is 2.36. The molecule has 0 aromatic heterocycles. The molecule has 0 aromatic carbocycles. The third kappa shape index (κ3) is 1.30. The highest BCUT2D eigenvalue weighted by Gasteiger charge is 2.32. The molecule has 64 valence electrons. The molecule has 2 aliphatic rings. The van der Waals surface area contributed by atoms with Crippen LogP contribution in [0.4, 0.5) is 0 Å². The van der Waals surface area contributed by atoms with E-state index in [4.69, 9.17) is 0 Å². The Morgan fingerprint density at radius 2 is 2.09 bits per heavy atom. The first-order valence-corrected chi connectivity index (χ1v) is 4.71. The van der Waals surface area contributed by atoms with E-state index in [-0.39, 0.29) is 0 Å². The molecule has 11 heavy (non-hydrogen) atoms. The molecule has 2 aliphatic heterocycles. The van der Waals surface area contributed by atoms with Gasteiger partial charge in [-0.1, -0.05) is 0 Å². The number of hydrogen-bond donors (Lipinski definition) is 0. The van der Waals surface area contributed by atoms with Crippen molar-refractivity contribution < 1.29 is 0 Å². The van der Waals surface area contributed by atoms with Crippen molar-refractivity contribution in [3.63, 3.8) is 0 Å². The molecule has 0 spiro atoms. The van der Waals surface area contributed by atoms with Gasteiger partial charge in [-0.05, 0) is 33.4 Å². The van der Waals surface area contributed by atoms with E-state index < -0.39 is 0 Å². The summed E-state index contributed by atoms with van der Waals surface area (Å²) in [5, 5.41) is 0. The van der Waals surface area contributed by atoms with Gasteiger partial charge in [0.15, 0.2) is 0 Å². The second-order valence-electron chi connectivity index (χ2n) is 4.08. The van der Waals surface area contributed by atoms with Crippen LogP contribution in [0.25, 0.3) is 0 Å². The Kier molecular flexibility index (Phi) is 1.90. The van der Waals surface area contributed by atoms with Gasteiger partial charge in [-0.3, -0.25) is 4.90 Å². The summed E-state index contributed by atoms with van der Waals surface area (Å²) in [7, 11) is 2.25. The van der Waals surface area contributed by atoms with E-state index in [9.17, 15) is 0 Å². The first-order chi connectivity index (χ1) is 5.27.